The highest BCUT2D eigenvalue weighted by molar-refractivity contribution is 4.85. The summed E-state index contributed by atoms with van der Waals surface area (Å²) < 4.78 is 14.3. The van der Waals surface area contributed by atoms with Crippen molar-refractivity contribution in [2.45, 2.75) is 59.1 Å². The summed E-state index contributed by atoms with van der Waals surface area (Å²) >= 11 is 0. The highest BCUT2D eigenvalue weighted by atomic mass is 16.7. The van der Waals surface area contributed by atoms with Gasteiger partial charge in [0.25, 0.3) is 0 Å². The third-order valence-electron chi connectivity index (χ3n) is 3.15. The number of rotatable bonds is 5. The third kappa shape index (κ3) is 2.81. The first-order valence-corrected chi connectivity index (χ1v) is 6.66. The smallest absolute Gasteiger partial charge is 0.345 e. The molecule has 0 aromatic carbocycles. The predicted octanol–water partition coefficient (Wildman–Crippen LogP) is 1.13. The van der Waals surface area contributed by atoms with Crippen LogP contribution in [-0.2, 0) is 29.2 Å². The van der Waals surface area contributed by atoms with Crippen LogP contribution in [0.2, 0.25) is 0 Å². The lowest BCUT2D eigenvalue weighted by Gasteiger charge is -2.22. The SMILES string of the molecule is CCn1nc(COC2CCCCO2)n(CC)c1=O. The van der Waals surface area contributed by atoms with Crippen molar-refractivity contribution >= 4 is 0 Å². The first-order chi connectivity index (χ1) is 8.76. The standard InChI is InChI=1S/C12H21N3O3/c1-3-14-10(13-15(4-2)12(14)16)9-18-11-7-5-6-8-17-11/h11H,3-9H2,1-2H3. The second kappa shape index (κ2) is 6.15. The van der Waals surface area contributed by atoms with Crippen molar-refractivity contribution < 1.29 is 9.47 Å². The van der Waals surface area contributed by atoms with E-state index in [0.29, 0.717) is 25.5 Å². The van der Waals surface area contributed by atoms with Gasteiger partial charge in [-0.2, -0.15) is 5.10 Å². The number of hydrogen-bond donors (Lipinski definition) is 0. The molecule has 0 radical (unpaired) electrons. The molecule has 0 N–H and O–H groups in total. The van der Waals surface area contributed by atoms with Gasteiger partial charge in [0.2, 0.25) is 0 Å². The topological polar surface area (TPSA) is 58.3 Å². The molecule has 1 aliphatic rings. The largest absolute Gasteiger partial charge is 0.353 e. The van der Waals surface area contributed by atoms with Crippen molar-refractivity contribution in [1.82, 2.24) is 14.3 Å². The van der Waals surface area contributed by atoms with Gasteiger partial charge in [-0.05, 0) is 33.1 Å². The average molecular weight is 255 g/mol. The maximum atomic E-state index is 11.9. The molecule has 6 heteroatoms. The van der Waals surface area contributed by atoms with Gasteiger partial charge in [-0.1, -0.05) is 0 Å². The van der Waals surface area contributed by atoms with Gasteiger partial charge >= 0.3 is 5.69 Å². The monoisotopic (exact) mass is 255 g/mol. The van der Waals surface area contributed by atoms with Gasteiger partial charge in [0.15, 0.2) is 12.1 Å². The number of aryl methyl sites for hydroxylation is 1. The Hall–Kier alpha value is -1.14. The molecule has 0 aliphatic carbocycles. The molecule has 0 spiro atoms. The summed E-state index contributed by atoms with van der Waals surface area (Å²) in [5, 5.41) is 4.27. The van der Waals surface area contributed by atoms with Crippen molar-refractivity contribution in [3.63, 3.8) is 0 Å². The lowest BCUT2D eigenvalue weighted by atomic mass is 10.2. The Labute approximate surface area is 107 Å². The minimum atomic E-state index is -0.147. The van der Waals surface area contributed by atoms with Gasteiger partial charge < -0.3 is 9.47 Å². The fourth-order valence-electron chi connectivity index (χ4n) is 2.13. The summed E-state index contributed by atoms with van der Waals surface area (Å²) in [6, 6.07) is 0. The normalized spacial score (nSPS) is 20.2. The molecule has 1 aliphatic heterocycles. The van der Waals surface area contributed by atoms with Crippen LogP contribution in [0.1, 0.15) is 38.9 Å². The fourth-order valence-corrected chi connectivity index (χ4v) is 2.13. The molecule has 2 heterocycles. The summed E-state index contributed by atoms with van der Waals surface area (Å²) in [4.78, 5) is 11.9. The Morgan fingerprint density at radius 1 is 1.39 bits per heavy atom. The van der Waals surface area contributed by atoms with Crippen LogP contribution in [0.15, 0.2) is 4.79 Å². The summed E-state index contributed by atoms with van der Waals surface area (Å²) in [5.41, 5.74) is -0.0665. The molecule has 6 nitrogen and oxygen atoms in total. The van der Waals surface area contributed by atoms with E-state index in [4.69, 9.17) is 9.47 Å². The van der Waals surface area contributed by atoms with E-state index in [0.717, 1.165) is 25.9 Å². The van der Waals surface area contributed by atoms with Gasteiger partial charge in [-0.15, -0.1) is 0 Å². The first-order valence-electron chi connectivity index (χ1n) is 6.66. The number of ether oxygens (including phenoxy) is 2. The van der Waals surface area contributed by atoms with Crippen LogP contribution in [0.4, 0.5) is 0 Å². The van der Waals surface area contributed by atoms with E-state index in [1.54, 1.807) is 4.57 Å². The molecule has 2 rings (SSSR count). The van der Waals surface area contributed by atoms with Gasteiger partial charge in [0.05, 0.1) is 0 Å². The molecule has 1 fully saturated rings. The lowest BCUT2D eigenvalue weighted by molar-refractivity contribution is -0.170. The van der Waals surface area contributed by atoms with E-state index in [9.17, 15) is 4.79 Å². The molecule has 1 unspecified atom stereocenters. The van der Waals surface area contributed by atoms with Crippen LogP contribution in [0.25, 0.3) is 0 Å². The fraction of sp³-hybridized carbons (Fsp3) is 0.833. The van der Waals surface area contributed by atoms with Crippen molar-refractivity contribution in [2.75, 3.05) is 6.61 Å². The van der Waals surface area contributed by atoms with E-state index >= 15 is 0 Å². The Bertz CT molecular complexity index is 432. The minimum Gasteiger partial charge on any atom is -0.353 e. The molecule has 1 atom stereocenters. The highest BCUT2D eigenvalue weighted by Crippen LogP contribution is 2.14. The van der Waals surface area contributed by atoms with Gasteiger partial charge in [0, 0.05) is 19.7 Å². The molecule has 1 saturated heterocycles. The molecule has 1 aromatic heterocycles. The summed E-state index contributed by atoms with van der Waals surface area (Å²) in [7, 11) is 0. The first kappa shape index (κ1) is 13.3. The number of nitrogens with zero attached hydrogens (tertiary/aromatic N) is 3. The predicted molar refractivity (Wildman–Crippen MR) is 66.2 cm³/mol. The van der Waals surface area contributed by atoms with E-state index in [1.165, 1.54) is 4.68 Å². The molecular weight excluding hydrogens is 234 g/mol. The maximum Gasteiger partial charge on any atom is 0.345 e. The zero-order valence-corrected chi connectivity index (χ0v) is 11.1. The Balaban J connectivity index is 2.01. The molecule has 102 valence electrons. The van der Waals surface area contributed by atoms with Crippen LogP contribution in [0, 0.1) is 0 Å². The van der Waals surface area contributed by atoms with Crippen molar-refractivity contribution in [3.8, 4) is 0 Å². The van der Waals surface area contributed by atoms with Gasteiger partial charge in [-0.25, -0.2) is 9.48 Å². The maximum absolute atomic E-state index is 11.9. The zero-order chi connectivity index (χ0) is 13.0. The van der Waals surface area contributed by atoms with Crippen LogP contribution in [-0.4, -0.2) is 27.2 Å². The summed E-state index contributed by atoms with van der Waals surface area (Å²) in [5.74, 6) is 0.679. The van der Waals surface area contributed by atoms with Gasteiger partial charge in [0.1, 0.15) is 6.61 Å². The second-order valence-electron chi connectivity index (χ2n) is 4.37. The molecular formula is C12H21N3O3. The van der Waals surface area contributed by atoms with Crippen molar-refractivity contribution in [3.05, 3.63) is 16.3 Å². The summed E-state index contributed by atoms with van der Waals surface area (Å²) in [6.07, 6.45) is 3.01. The van der Waals surface area contributed by atoms with E-state index in [-0.39, 0.29) is 12.0 Å². The minimum absolute atomic E-state index is 0.0665. The average Bonchev–Trinajstić information content (AvgIpc) is 2.73. The number of aromatic nitrogens is 3. The van der Waals surface area contributed by atoms with E-state index < -0.39 is 0 Å². The molecule has 1 aromatic rings. The zero-order valence-electron chi connectivity index (χ0n) is 11.1. The van der Waals surface area contributed by atoms with Crippen LogP contribution in [0.3, 0.4) is 0 Å². The van der Waals surface area contributed by atoms with Gasteiger partial charge in [-0.3, -0.25) is 4.57 Å². The van der Waals surface area contributed by atoms with Crippen LogP contribution < -0.4 is 5.69 Å². The second-order valence-corrected chi connectivity index (χ2v) is 4.37. The molecule has 18 heavy (non-hydrogen) atoms. The molecule has 0 saturated carbocycles. The quantitative estimate of drug-likeness (QED) is 0.791. The lowest BCUT2D eigenvalue weighted by Crippen LogP contribution is -2.25. The van der Waals surface area contributed by atoms with E-state index in [1.807, 2.05) is 13.8 Å². The third-order valence-corrected chi connectivity index (χ3v) is 3.15. The Kier molecular flexibility index (Phi) is 4.54. The van der Waals surface area contributed by atoms with E-state index in [2.05, 4.69) is 5.10 Å². The van der Waals surface area contributed by atoms with Crippen LogP contribution >= 0.6 is 0 Å². The Morgan fingerprint density at radius 3 is 2.83 bits per heavy atom. The highest BCUT2D eigenvalue weighted by Gasteiger charge is 2.17. The number of hydrogen-bond acceptors (Lipinski definition) is 4. The summed E-state index contributed by atoms with van der Waals surface area (Å²) in [6.45, 7) is 6.13. The van der Waals surface area contributed by atoms with Crippen molar-refractivity contribution in [1.29, 1.82) is 0 Å². The molecule has 0 bridgehead atoms. The van der Waals surface area contributed by atoms with Crippen molar-refractivity contribution in [2.24, 2.45) is 0 Å². The van der Waals surface area contributed by atoms with Crippen LogP contribution in [0.5, 0.6) is 0 Å². The Morgan fingerprint density at radius 2 is 2.22 bits per heavy atom. The molecule has 0 amide bonds.